The maximum atomic E-state index is 14.2. The third kappa shape index (κ3) is 2.71. The fraction of sp³-hybridized carbons (Fsp3) is 0.500. The Morgan fingerprint density at radius 1 is 1.58 bits per heavy atom. The molecular weight excluding hydrogens is 245 g/mol. The highest BCUT2D eigenvalue weighted by atomic mass is 19.1. The molecule has 1 fully saturated rings. The number of nitrogens with two attached hydrogens (primary N) is 1. The molecule has 19 heavy (non-hydrogen) atoms. The van der Waals surface area contributed by atoms with Gasteiger partial charge in [0.05, 0.1) is 5.69 Å². The Kier molecular flexibility index (Phi) is 4.04. The van der Waals surface area contributed by atoms with Gasteiger partial charge in [0.2, 0.25) is 5.91 Å². The summed E-state index contributed by atoms with van der Waals surface area (Å²) in [6, 6.07) is 4.50. The summed E-state index contributed by atoms with van der Waals surface area (Å²) in [6.45, 7) is 4.91. The van der Waals surface area contributed by atoms with Crippen LogP contribution in [0.5, 0.6) is 0 Å². The molecule has 3 N–H and O–H groups in total. The summed E-state index contributed by atoms with van der Waals surface area (Å²) in [5, 5.41) is 2.81. The van der Waals surface area contributed by atoms with Gasteiger partial charge in [-0.3, -0.25) is 4.79 Å². The number of carbonyl (C=O) groups is 1. The summed E-state index contributed by atoms with van der Waals surface area (Å²) >= 11 is 0. The van der Waals surface area contributed by atoms with Gasteiger partial charge in [-0.05, 0) is 31.0 Å². The third-order valence-corrected chi connectivity index (χ3v) is 3.52. The second-order valence-electron chi connectivity index (χ2n) is 4.91. The summed E-state index contributed by atoms with van der Waals surface area (Å²) in [5.41, 5.74) is 6.98. The lowest BCUT2D eigenvalue weighted by molar-refractivity contribution is -0.123. The first kappa shape index (κ1) is 13.8. The fourth-order valence-corrected chi connectivity index (χ4v) is 2.45. The Labute approximate surface area is 112 Å². The molecule has 5 heteroatoms. The molecule has 0 saturated carbocycles. The number of nitrogens with zero attached hydrogens (tertiary/aromatic N) is 1. The largest absolute Gasteiger partial charge is 0.355 e. The number of hydrogen-bond donors (Lipinski definition) is 2. The predicted molar refractivity (Wildman–Crippen MR) is 73.4 cm³/mol. The number of carbonyl (C=O) groups excluding carboxylic acids is 1. The van der Waals surface area contributed by atoms with E-state index < -0.39 is 0 Å². The van der Waals surface area contributed by atoms with Crippen LogP contribution in [0.4, 0.5) is 10.1 Å². The van der Waals surface area contributed by atoms with Crippen molar-refractivity contribution in [3.05, 3.63) is 29.6 Å². The lowest BCUT2D eigenvalue weighted by atomic mass is 10.0. The van der Waals surface area contributed by atoms with Crippen LogP contribution in [-0.2, 0) is 4.79 Å². The zero-order valence-corrected chi connectivity index (χ0v) is 11.3. The van der Waals surface area contributed by atoms with E-state index in [1.165, 1.54) is 6.07 Å². The first-order valence-corrected chi connectivity index (χ1v) is 6.64. The van der Waals surface area contributed by atoms with Crippen molar-refractivity contribution < 1.29 is 9.18 Å². The standard InChI is InChI=1S/C14H20FN3O/c1-3-12-14(19)17-6-7-18(12)13-5-4-10(9(2)16)8-11(13)15/h4-5,8-9,12H,3,6-7,16H2,1-2H3,(H,17,19)/t9-,12?/m0/s1. The van der Waals surface area contributed by atoms with E-state index in [0.29, 0.717) is 25.2 Å². The molecule has 2 atom stereocenters. The minimum atomic E-state index is -0.317. The summed E-state index contributed by atoms with van der Waals surface area (Å²) < 4.78 is 14.2. The number of piperazine rings is 1. The van der Waals surface area contributed by atoms with Crippen molar-refractivity contribution in [1.82, 2.24) is 5.32 Å². The van der Waals surface area contributed by atoms with Gasteiger partial charge in [-0.2, -0.15) is 0 Å². The molecule has 1 heterocycles. The van der Waals surface area contributed by atoms with Gasteiger partial charge in [0, 0.05) is 19.1 Å². The van der Waals surface area contributed by atoms with Gasteiger partial charge < -0.3 is 16.0 Å². The third-order valence-electron chi connectivity index (χ3n) is 3.52. The van der Waals surface area contributed by atoms with E-state index in [9.17, 15) is 9.18 Å². The number of amides is 1. The highest BCUT2D eigenvalue weighted by Gasteiger charge is 2.29. The van der Waals surface area contributed by atoms with E-state index in [4.69, 9.17) is 5.73 Å². The average molecular weight is 265 g/mol. The Balaban J connectivity index is 2.32. The molecular formula is C14H20FN3O. The van der Waals surface area contributed by atoms with Gasteiger partial charge in [0.15, 0.2) is 0 Å². The first-order chi connectivity index (χ1) is 9.04. The Morgan fingerprint density at radius 2 is 2.32 bits per heavy atom. The maximum Gasteiger partial charge on any atom is 0.242 e. The molecule has 0 aliphatic carbocycles. The number of hydrogen-bond acceptors (Lipinski definition) is 3. The SMILES string of the molecule is CCC1C(=O)NCCN1c1ccc([C@H](C)N)cc1F. The lowest BCUT2D eigenvalue weighted by Crippen LogP contribution is -2.55. The molecule has 1 amide bonds. The van der Waals surface area contributed by atoms with Crippen molar-refractivity contribution in [3.63, 3.8) is 0 Å². The van der Waals surface area contributed by atoms with Crippen LogP contribution in [0.25, 0.3) is 0 Å². The number of rotatable bonds is 3. The van der Waals surface area contributed by atoms with Crippen LogP contribution < -0.4 is 16.0 Å². The molecule has 1 aromatic carbocycles. The smallest absolute Gasteiger partial charge is 0.242 e. The van der Waals surface area contributed by atoms with Crippen LogP contribution in [-0.4, -0.2) is 25.0 Å². The van der Waals surface area contributed by atoms with E-state index in [-0.39, 0.29) is 23.8 Å². The van der Waals surface area contributed by atoms with Gasteiger partial charge in [0.25, 0.3) is 0 Å². The minimum absolute atomic E-state index is 0.0376. The molecule has 1 aromatic rings. The predicted octanol–water partition coefficient (Wildman–Crippen LogP) is 1.56. The summed E-state index contributed by atoms with van der Waals surface area (Å²) in [4.78, 5) is 13.6. The first-order valence-electron chi connectivity index (χ1n) is 6.64. The number of benzene rings is 1. The quantitative estimate of drug-likeness (QED) is 0.872. The highest BCUT2D eigenvalue weighted by Crippen LogP contribution is 2.26. The summed E-state index contributed by atoms with van der Waals surface area (Å²) in [6.07, 6.45) is 0.653. The number of anilines is 1. The minimum Gasteiger partial charge on any atom is -0.355 e. The van der Waals surface area contributed by atoms with Crippen molar-refractivity contribution in [2.45, 2.75) is 32.4 Å². The van der Waals surface area contributed by atoms with Gasteiger partial charge in [-0.25, -0.2) is 4.39 Å². The second kappa shape index (κ2) is 5.57. The number of nitrogens with one attached hydrogen (secondary N) is 1. The van der Waals surface area contributed by atoms with Crippen LogP contribution in [0.3, 0.4) is 0 Å². The molecule has 0 radical (unpaired) electrons. The summed E-state index contributed by atoms with van der Waals surface area (Å²) in [7, 11) is 0. The van der Waals surface area contributed by atoms with Crippen LogP contribution in [0.1, 0.15) is 31.9 Å². The molecule has 0 bridgehead atoms. The van der Waals surface area contributed by atoms with Gasteiger partial charge in [-0.15, -0.1) is 0 Å². The van der Waals surface area contributed by atoms with Gasteiger partial charge in [0.1, 0.15) is 11.9 Å². The van der Waals surface area contributed by atoms with Crippen LogP contribution >= 0.6 is 0 Å². The Morgan fingerprint density at radius 3 is 2.89 bits per heavy atom. The van der Waals surface area contributed by atoms with Crippen molar-refractivity contribution in [2.75, 3.05) is 18.0 Å². The van der Waals surface area contributed by atoms with E-state index >= 15 is 0 Å². The average Bonchev–Trinajstić information content (AvgIpc) is 2.38. The van der Waals surface area contributed by atoms with Crippen LogP contribution in [0, 0.1) is 5.82 Å². The Hall–Kier alpha value is -1.62. The molecule has 1 saturated heterocycles. The van der Waals surface area contributed by atoms with Crippen LogP contribution in [0.2, 0.25) is 0 Å². The normalized spacial score (nSPS) is 21.2. The van der Waals surface area contributed by atoms with E-state index in [2.05, 4.69) is 5.32 Å². The molecule has 1 aliphatic rings. The zero-order valence-electron chi connectivity index (χ0n) is 11.3. The van der Waals surface area contributed by atoms with Crippen molar-refractivity contribution in [3.8, 4) is 0 Å². The topological polar surface area (TPSA) is 58.4 Å². The molecule has 4 nitrogen and oxygen atoms in total. The lowest BCUT2D eigenvalue weighted by Gasteiger charge is -2.36. The van der Waals surface area contributed by atoms with Crippen molar-refractivity contribution in [1.29, 1.82) is 0 Å². The zero-order chi connectivity index (χ0) is 14.0. The maximum absolute atomic E-state index is 14.2. The van der Waals surface area contributed by atoms with Crippen molar-refractivity contribution >= 4 is 11.6 Å². The second-order valence-corrected chi connectivity index (χ2v) is 4.91. The monoisotopic (exact) mass is 265 g/mol. The van der Waals surface area contributed by atoms with E-state index in [0.717, 1.165) is 5.56 Å². The molecule has 0 aromatic heterocycles. The number of halogens is 1. The van der Waals surface area contributed by atoms with Crippen LogP contribution in [0.15, 0.2) is 18.2 Å². The molecule has 2 rings (SSSR count). The van der Waals surface area contributed by atoms with E-state index in [1.54, 1.807) is 6.07 Å². The Bertz CT molecular complexity index is 476. The fourth-order valence-electron chi connectivity index (χ4n) is 2.45. The molecule has 104 valence electrons. The van der Waals surface area contributed by atoms with Gasteiger partial charge in [-0.1, -0.05) is 13.0 Å². The van der Waals surface area contributed by atoms with E-state index in [1.807, 2.05) is 24.8 Å². The molecule has 0 spiro atoms. The highest BCUT2D eigenvalue weighted by molar-refractivity contribution is 5.86. The van der Waals surface area contributed by atoms with Gasteiger partial charge >= 0.3 is 0 Å². The van der Waals surface area contributed by atoms with Crippen molar-refractivity contribution in [2.24, 2.45) is 5.73 Å². The summed E-state index contributed by atoms with van der Waals surface area (Å²) in [5.74, 6) is -0.354. The molecule has 1 unspecified atom stereocenters. The molecule has 1 aliphatic heterocycles.